The van der Waals surface area contributed by atoms with Crippen LogP contribution in [0.25, 0.3) is 11.1 Å². The largest absolute Gasteiger partial charge is 0.326 e. The molecule has 2 aromatic carbocycles. The highest BCUT2D eigenvalue weighted by Crippen LogP contribution is 2.38. The van der Waals surface area contributed by atoms with Gasteiger partial charge in [-0.2, -0.15) is 0 Å². The Morgan fingerprint density at radius 2 is 1.96 bits per heavy atom. The number of amides is 2. The van der Waals surface area contributed by atoms with Gasteiger partial charge in [-0.05, 0) is 41.8 Å². The van der Waals surface area contributed by atoms with Crippen LogP contribution >= 0.6 is 11.6 Å². The van der Waals surface area contributed by atoms with Gasteiger partial charge in [0.25, 0.3) is 0 Å². The van der Waals surface area contributed by atoms with Crippen molar-refractivity contribution in [3.8, 4) is 11.1 Å². The molecule has 1 aliphatic heterocycles. The summed E-state index contributed by atoms with van der Waals surface area (Å²) in [6.07, 6.45) is 4.11. The van der Waals surface area contributed by atoms with Crippen LogP contribution in [0.15, 0.2) is 67.0 Å². The lowest BCUT2D eigenvalue weighted by Crippen LogP contribution is -2.33. The molecule has 2 heterocycles. The average molecular weight is 350 g/mol. The summed E-state index contributed by atoms with van der Waals surface area (Å²) in [5.41, 5.74) is 4.74. The highest BCUT2D eigenvalue weighted by Gasteiger charge is 2.26. The molecule has 0 saturated heterocycles. The van der Waals surface area contributed by atoms with Gasteiger partial charge in [0, 0.05) is 18.3 Å². The summed E-state index contributed by atoms with van der Waals surface area (Å²) in [4.78, 5) is 18.3. The predicted molar refractivity (Wildman–Crippen MR) is 101 cm³/mol. The number of hydrogen-bond acceptors (Lipinski definition) is 2. The topological polar surface area (TPSA) is 45.2 Å². The fraction of sp³-hybridized carbons (Fsp3) is 0.100. The Bertz CT molecular complexity index is 913. The second-order valence-corrected chi connectivity index (χ2v) is 6.31. The molecule has 0 spiro atoms. The predicted octanol–water partition coefficient (Wildman–Crippen LogP) is 5.00. The molecule has 25 heavy (non-hydrogen) atoms. The molecule has 1 aromatic heterocycles. The number of nitrogens with zero attached hydrogens (tertiary/aromatic N) is 2. The number of halogens is 1. The van der Waals surface area contributed by atoms with E-state index >= 15 is 0 Å². The van der Waals surface area contributed by atoms with Gasteiger partial charge in [-0.3, -0.25) is 9.88 Å². The molecule has 0 radical (unpaired) electrons. The molecule has 124 valence electrons. The van der Waals surface area contributed by atoms with E-state index in [-0.39, 0.29) is 6.03 Å². The standard InChI is InChI=1S/C20H16ClN3O/c21-18-12-19-15(11-17(18)14-5-2-1-3-6-14)8-10-24(19)20(25)23-16-7-4-9-22-13-16/h1-7,9,11-13H,8,10H2,(H,23,25). The maximum absolute atomic E-state index is 12.6. The Labute approximate surface area is 151 Å². The van der Waals surface area contributed by atoms with Crippen molar-refractivity contribution in [1.29, 1.82) is 0 Å². The fourth-order valence-electron chi connectivity index (χ4n) is 3.09. The lowest BCUT2D eigenvalue weighted by molar-refractivity contribution is 0.257. The van der Waals surface area contributed by atoms with Crippen molar-refractivity contribution in [2.24, 2.45) is 0 Å². The van der Waals surface area contributed by atoms with Crippen LogP contribution in [0.1, 0.15) is 5.56 Å². The Balaban J connectivity index is 1.63. The van der Waals surface area contributed by atoms with Crippen molar-refractivity contribution in [1.82, 2.24) is 4.98 Å². The van der Waals surface area contributed by atoms with Crippen LogP contribution < -0.4 is 10.2 Å². The van der Waals surface area contributed by atoms with Gasteiger partial charge in [0.1, 0.15) is 0 Å². The molecular weight excluding hydrogens is 334 g/mol. The summed E-state index contributed by atoms with van der Waals surface area (Å²) >= 11 is 6.50. The molecule has 0 unspecified atom stereocenters. The average Bonchev–Trinajstić information content (AvgIpc) is 3.05. The van der Waals surface area contributed by atoms with E-state index in [1.165, 1.54) is 0 Å². The Morgan fingerprint density at radius 1 is 1.12 bits per heavy atom. The van der Waals surface area contributed by atoms with Crippen molar-refractivity contribution in [2.75, 3.05) is 16.8 Å². The second-order valence-electron chi connectivity index (χ2n) is 5.90. The van der Waals surface area contributed by atoms with Crippen LogP contribution in [0.4, 0.5) is 16.2 Å². The van der Waals surface area contributed by atoms with Crippen LogP contribution in [0.2, 0.25) is 5.02 Å². The molecule has 1 aliphatic rings. The minimum absolute atomic E-state index is 0.171. The molecule has 3 aromatic rings. The highest BCUT2D eigenvalue weighted by atomic mass is 35.5. The number of carbonyl (C=O) groups excluding carboxylic acids is 1. The van der Waals surface area contributed by atoms with Crippen molar-refractivity contribution >= 4 is 29.0 Å². The van der Waals surface area contributed by atoms with Gasteiger partial charge in [0.2, 0.25) is 0 Å². The van der Waals surface area contributed by atoms with E-state index in [9.17, 15) is 4.79 Å². The number of benzene rings is 2. The molecule has 4 nitrogen and oxygen atoms in total. The maximum Gasteiger partial charge on any atom is 0.326 e. The lowest BCUT2D eigenvalue weighted by Gasteiger charge is -2.19. The Morgan fingerprint density at radius 3 is 2.72 bits per heavy atom. The molecular formula is C20H16ClN3O. The number of hydrogen-bond donors (Lipinski definition) is 1. The first-order valence-electron chi connectivity index (χ1n) is 8.09. The molecule has 1 N–H and O–H groups in total. The molecule has 0 atom stereocenters. The zero-order valence-electron chi connectivity index (χ0n) is 13.4. The number of anilines is 2. The molecule has 0 bridgehead atoms. The number of pyridine rings is 1. The van der Waals surface area contributed by atoms with Gasteiger partial charge in [-0.1, -0.05) is 41.9 Å². The van der Waals surface area contributed by atoms with E-state index in [1.807, 2.05) is 42.5 Å². The number of urea groups is 1. The maximum atomic E-state index is 12.6. The number of nitrogens with one attached hydrogen (secondary N) is 1. The van der Waals surface area contributed by atoms with Crippen LogP contribution in [-0.4, -0.2) is 17.6 Å². The Hall–Kier alpha value is -2.85. The normalized spacial score (nSPS) is 12.8. The van der Waals surface area contributed by atoms with Crippen LogP contribution in [-0.2, 0) is 6.42 Å². The summed E-state index contributed by atoms with van der Waals surface area (Å²) < 4.78 is 0. The highest BCUT2D eigenvalue weighted by molar-refractivity contribution is 6.33. The second kappa shape index (κ2) is 6.57. The molecule has 4 rings (SSSR count). The number of carbonyl (C=O) groups is 1. The molecule has 0 aliphatic carbocycles. The van der Waals surface area contributed by atoms with E-state index in [0.29, 0.717) is 17.3 Å². The summed E-state index contributed by atoms with van der Waals surface area (Å²) in [5, 5.41) is 3.52. The number of aromatic nitrogens is 1. The summed E-state index contributed by atoms with van der Waals surface area (Å²) in [6.45, 7) is 0.635. The van der Waals surface area contributed by atoms with E-state index < -0.39 is 0 Å². The van der Waals surface area contributed by atoms with Crippen LogP contribution in [0.5, 0.6) is 0 Å². The van der Waals surface area contributed by atoms with Gasteiger partial charge >= 0.3 is 6.03 Å². The van der Waals surface area contributed by atoms with Crippen molar-refractivity contribution in [3.63, 3.8) is 0 Å². The summed E-state index contributed by atoms with van der Waals surface area (Å²) in [7, 11) is 0. The minimum atomic E-state index is -0.171. The fourth-order valence-corrected chi connectivity index (χ4v) is 3.36. The van der Waals surface area contributed by atoms with Gasteiger partial charge in [-0.15, -0.1) is 0 Å². The quantitative estimate of drug-likeness (QED) is 0.707. The van der Waals surface area contributed by atoms with E-state index in [1.54, 1.807) is 23.4 Å². The number of fused-ring (bicyclic) bond motifs is 1. The minimum Gasteiger partial charge on any atom is -0.306 e. The number of rotatable bonds is 2. The van der Waals surface area contributed by atoms with Crippen LogP contribution in [0, 0.1) is 0 Å². The SMILES string of the molecule is O=C(Nc1cccnc1)N1CCc2cc(-c3ccccc3)c(Cl)cc21. The van der Waals surface area contributed by atoms with Crippen molar-refractivity contribution < 1.29 is 4.79 Å². The van der Waals surface area contributed by atoms with Gasteiger partial charge < -0.3 is 5.32 Å². The lowest BCUT2D eigenvalue weighted by atomic mass is 10.0. The summed E-state index contributed by atoms with van der Waals surface area (Å²) in [6, 6.07) is 17.4. The molecule has 5 heteroatoms. The van der Waals surface area contributed by atoms with Gasteiger partial charge in [0.05, 0.1) is 22.6 Å². The molecule has 2 amide bonds. The zero-order chi connectivity index (χ0) is 17.2. The van der Waals surface area contributed by atoms with Crippen molar-refractivity contribution in [3.05, 3.63) is 77.6 Å². The molecule has 0 fully saturated rings. The first kappa shape index (κ1) is 15.7. The van der Waals surface area contributed by atoms with E-state index in [0.717, 1.165) is 28.8 Å². The van der Waals surface area contributed by atoms with Gasteiger partial charge in [0.15, 0.2) is 0 Å². The molecule has 0 saturated carbocycles. The van der Waals surface area contributed by atoms with Gasteiger partial charge in [-0.25, -0.2) is 4.79 Å². The first-order chi connectivity index (χ1) is 12.2. The third kappa shape index (κ3) is 3.08. The first-order valence-corrected chi connectivity index (χ1v) is 8.46. The monoisotopic (exact) mass is 349 g/mol. The van der Waals surface area contributed by atoms with Crippen molar-refractivity contribution in [2.45, 2.75) is 6.42 Å². The van der Waals surface area contributed by atoms with E-state index in [4.69, 9.17) is 11.6 Å². The zero-order valence-corrected chi connectivity index (χ0v) is 14.2. The smallest absolute Gasteiger partial charge is 0.306 e. The van der Waals surface area contributed by atoms with Crippen LogP contribution in [0.3, 0.4) is 0 Å². The third-order valence-corrected chi connectivity index (χ3v) is 4.62. The summed E-state index contributed by atoms with van der Waals surface area (Å²) in [5.74, 6) is 0. The Kier molecular flexibility index (Phi) is 4.12. The van der Waals surface area contributed by atoms with E-state index in [2.05, 4.69) is 16.4 Å². The third-order valence-electron chi connectivity index (χ3n) is 4.31.